The Morgan fingerprint density at radius 1 is 0.242 bits per heavy atom. The van der Waals surface area contributed by atoms with Crippen LogP contribution in [0, 0.1) is 0 Å². The largest absolute Gasteiger partial charge is 0.506 e. The summed E-state index contributed by atoms with van der Waals surface area (Å²) in [7, 11) is 0. The molecule has 0 bridgehead atoms. The van der Waals surface area contributed by atoms with Gasteiger partial charge in [-0.2, -0.15) is 0 Å². The molecule has 0 amide bonds. The van der Waals surface area contributed by atoms with Crippen molar-refractivity contribution in [2.24, 2.45) is 0 Å². The number of phenols is 19. The quantitative estimate of drug-likeness (QED) is 0.0515. The third-order valence-electron chi connectivity index (χ3n) is 10.9. The van der Waals surface area contributed by atoms with Gasteiger partial charge in [-0.25, -0.2) is 0 Å². The summed E-state index contributed by atoms with van der Waals surface area (Å²) in [5, 5.41) is 208. The number of benzene rings is 8. The van der Waals surface area contributed by atoms with E-state index in [1.165, 1.54) is 18.2 Å². The molecule has 19 N–H and O–H groups in total. The Kier molecular flexibility index (Phi) is 7.54. The number of aromatic hydroxyl groups is 19. The molecule has 62 heavy (non-hydrogen) atoms. The highest BCUT2D eigenvalue weighted by Crippen LogP contribution is 2.68. The molecule has 20 heteroatoms. The van der Waals surface area contributed by atoms with Crippen LogP contribution in [0.5, 0.6) is 109 Å². The molecule has 0 unspecified atom stereocenters. The van der Waals surface area contributed by atoms with Crippen LogP contribution in [0.15, 0.2) is 46.9 Å². The monoisotopic (exact) mass is 850 g/mol. The predicted octanol–water partition coefficient (Wildman–Crippen LogP) is 6.45. The summed E-state index contributed by atoms with van der Waals surface area (Å²) in [6, 6.07) is 10.9. The molecule has 0 aliphatic rings. The second kappa shape index (κ2) is 12.3. The summed E-state index contributed by atoms with van der Waals surface area (Å²) < 4.78 is 6.00. The Hall–Kier alpha value is -9.46. The first-order chi connectivity index (χ1) is 29.2. The Morgan fingerprint density at radius 3 is 1.03 bits per heavy atom. The van der Waals surface area contributed by atoms with Crippen LogP contribution in [-0.2, 0) is 0 Å². The van der Waals surface area contributed by atoms with E-state index in [0.29, 0.717) is 16.4 Å². The normalized spacial score (nSPS) is 11.8. The molecule has 314 valence electrons. The summed E-state index contributed by atoms with van der Waals surface area (Å²) >= 11 is 0. The Bertz CT molecular complexity index is 3460. The lowest BCUT2D eigenvalue weighted by molar-refractivity contribution is 0.329. The van der Waals surface area contributed by atoms with Crippen molar-refractivity contribution in [3.8, 4) is 143 Å². The second-order valence-corrected chi connectivity index (χ2v) is 14.1. The van der Waals surface area contributed by atoms with Gasteiger partial charge in [-0.05, 0) is 23.8 Å². The number of fused-ring (bicyclic) bond motifs is 6. The standard InChI is InChI=1S/C42H26O20/c43-24-17(20(21-30(49)40(59)42(61)41(60)31(21)50)25(44)23-22(24)32(51)38(57)39(58)33(23)52)14-18-15(26(45)34(53)36(55)28(18)47)13(16-19(14)29(48)37(56)35(54)27(16)46)8-5-6-10-9-3-1-2-4-11(9)62-12(10)7-8/h1-7,43-61H. The SMILES string of the molecule is Oc1c(O)c(O)c(-c2c(-c3c4c(O)c(O)c(O)c(O)c4c(-c4ccc5c(c4)oc4ccccc45)c4c(O)c(O)c(O)c(O)c34)c(O)c3c(O)c(O)c(O)c(O)c3c2O)c(O)c1O. The topological polar surface area (TPSA) is 398 Å². The molecular formula is C42H26O20. The van der Waals surface area contributed by atoms with Crippen molar-refractivity contribution < 1.29 is 101 Å². The lowest BCUT2D eigenvalue weighted by Crippen LogP contribution is -1.98. The second-order valence-electron chi connectivity index (χ2n) is 14.1. The van der Waals surface area contributed by atoms with Crippen molar-refractivity contribution >= 4 is 54.3 Å². The minimum absolute atomic E-state index is 0.128. The van der Waals surface area contributed by atoms with Gasteiger partial charge in [0.25, 0.3) is 0 Å². The van der Waals surface area contributed by atoms with Gasteiger partial charge in [0, 0.05) is 54.6 Å². The first kappa shape index (κ1) is 38.1. The van der Waals surface area contributed by atoms with Crippen molar-refractivity contribution in [3.05, 3.63) is 42.5 Å². The summed E-state index contributed by atoms with van der Waals surface area (Å²) in [5.41, 5.74) is -5.46. The zero-order chi connectivity index (χ0) is 44.9. The Labute approximate surface area is 340 Å². The van der Waals surface area contributed by atoms with Gasteiger partial charge in [0.1, 0.15) is 22.7 Å². The molecule has 1 heterocycles. The fourth-order valence-corrected chi connectivity index (χ4v) is 8.09. The van der Waals surface area contributed by atoms with Gasteiger partial charge in [0.15, 0.2) is 46.0 Å². The lowest BCUT2D eigenvalue weighted by atomic mass is 9.80. The van der Waals surface area contributed by atoms with Gasteiger partial charge in [-0.15, -0.1) is 0 Å². The van der Waals surface area contributed by atoms with E-state index < -0.39 is 169 Å². The van der Waals surface area contributed by atoms with Crippen LogP contribution in [0.1, 0.15) is 0 Å². The van der Waals surface area contributed by atoms with E-state index in [4.69, 9.17) is 4.42 Å². The first-order valence-corrected chi connectivity index (χ1v) is 17.5. The zero-order valence-corrected chi connectivity index (χ0v) is 30.4. The predicted molar refractivity (Wildman–Crippen MR) is 214 cm³/mol. The number of hydrogen-bond donors (Lipinski definition) is 19. The summed E-state index contributed by atoms with van der Waals surface area (Å²) in [5.74, 6) is -29.1. The number of phenolic OH excluding ortho intramolecular Hbond substituents is 19. The van der Waals surface area contributed by atoms with Crippen molar-refractivity contribution in [2.75, 3.05) is 0 Å². The fraction of sp³-hybridized carbons (Fsp3) is 0. The molecule has 0 atom stereocenters. The third-order valence-corrected chi connectivity index (χ3v) is 10.9. The maximum absolute atomic E-state index is 12.3. The highest BCUT2D eigenvalue weighted by molar-refractivity contribution is 6.32. The maximum Gasteiger partial charge on any atom is 0.208 e. The van der Waals surface area contributed by atoms with Crippen molar-refractivity contribution in [1.82, 2.24) is 0 Å². The van der Waals surface area contributed by atoms with Gasteiger partial charge in [-0.1, -0.05) is 24.3 Å². The van der Waals surface area contributed by atoms with Crippen LogP contribution in [0.2, 0.25) is 0 Å². The highest BCUT2D eigenvalue weighted by atomic mass is 16.4. The molecule has 9 rings (SSSR count). The maximum atomic E-state index is 12.3. The minimum Gasteiger partial charge on any atom is -0.506 e. The zero-order valence-electron chi connectivity index (χ0n) is 30.4. The number of hydrogen-bond acceptors (Lipinski definition) is 20. The average molecular weight is 851 g/mol. The molecule has 0 saturated carbocycles. The van der Waals surface area contributed by atoms with Crippen LogP contribution < -0.4 is 0 Å². The number of furan rings is 1. The molecule has 0 aliphatic heterocycles. The van der Waals surface area contributed by atoms with Gasteiger partial charge < -0.3 is 101 Å². The average Bonchev–Trinajstić information content (AvgIpc) is 3.64. The number of rotatable bonds is 3. The number of para-hydroxylation sites is 1. The van der Waals surface area contributed by atoms with Crippen LogP contribution in [0.4, 0.5) is 0 Å². The smallest absolute Gasteiger partial charge is 0.208 e. The van der Waals surface area contributed by atoms with Gasteiger partial charge >= 0.3 is 0 Å². The molecule has 8 aromatic carbocycles. The van der Waals surface area contributed by atoms with Crippen LogP contribution in [0.3, 0.4) is 0 Å². The van der Waals surface area contributed by atoms with Gasteiger partial charge in [0.2, 0.25) is 51.7 Å². The van der Waals surface area contributed by atoms with Crippen molar-refractivity contribution in [2.45, 2.75) is 0 Å². The molecule has 0 radical (unpaired) electrons. The Balaban J connectivity index is 1.65. The van der Waals surface area contributed by atoms with E-state index in [-0.39, 0.29) is 11.1 Å². The molecule has 9 aromatic rings. The summed E-state index contributed by atoms with van der Waals surface area (Å²) in [6.45, 7) is 0. The Morgan fingerprint density at radius 2 is 0.581 bits per heavy atom. The van der Waals surface area contributed by atoms with Crippen LogP contribution >= 0.6 is 0 Å². The van der Waals surface area contributed by atoms with Crippen molar-refractivity contribution in [3.63, 3.8) is 0 Å². The molecule has 1 aromatic heterocycles. The van der Waals surface area contributed by atoms with E-state index in [0.717, 1.165) is 0 Å². The van der Waals surface area contributed by atoms with E-state index >= 15 is 0 Å². The first-order valence-electron chi connectivity index (χ1n) is 17.5. The highest BCUT2D eigenvalue weighted by Gasteiger charge is 2.39. The van der Waals surface area contributed by atoms with Crippen LogP contribution in [0.25, 0.3) is 87.6 Å². The lowest BCUT2D eigenvalue weighted by Gasteiger charge is -2.26. The van der Waals surface area contributed by atoms with Crippen molar-refractivity contribution in [1.29, 1.82) is 0 Å². The van der Waals surface area contributed by atoms with Crippen LogP contribution in [-0.4, -0.2) is 97.0 Å². The third kappa shape index (κ3) is 4.47. The summed E-state index contributed by atoms with van der Waals surface area (Å²) in [6.07, 6.45) is 0. The fourth-order valence-electron chi connectivity index (χ4n) is 8.09. The minimum atomic E-state index is -1.65. The van der Waals surface area contributed by atoms with Gasteiger partial charge in [0.05, 0.1) is 16.3 Å². The molecule has 0 saturated heterocycles. The molecular weight excluding hydrogens is 824 g/mol. The molecule has 0 fully saturated rings. The van der Waals surface area contributed by atoms with E-state index in [1.807, 2.05) is 0 Å². The van der Waals surface area contributed by atoms with E-state index in [9.17, 15) is 97.0 Å². The molecule has 0 spiro atoms. The summed E-state index contributed by atoms with van der Waals surface area (Å²) in [4.78, 5) is 0. The molecule has 0 aliphatic carbocycles. The van der Waals surface area contributed by atoms with E-state index in [1.54, 1.807) is 24.3 Å². The van der Waals surface area contributed by atoms with E-state index in [2.05, 4.69) is 0 Å². The molecule has 20 nitrogen and oxygen atoms in total. The van der Waals surface area contributed by atoms with Gasteiger partial charge in [-0.3, -0.25) is 0 Å².